The normalized spacial score (nSPS) is 13.4. The topological polar surface area (TPSA) is 59.6 Å². The van der Waals surface area contributed by atoms with E-state index in [-0.39, 0.29) is 5.56 Å². The van der Waals surface area contributed by atoms with E-state index < -0.39 is 0 Å². The number of hydrogen-bond donors (Lipinski definition) is 0. The third kappa shape index (κ3) is 0.834. The van der Waals surface area contributed by atoms with E-state index in [1.54, 1.807) is 6.07 Å². The molecule has 1 aliphatic heterocycles. The summed E-state index contributed by atoms with van der Waals surface area (Å²) in [5.74, 6) is 0.397. The molecule has 0 saturated carbocycles. The van der Waals surface area contributed by atoms with Crippen molar-refractivity contribution < 1.29 is 0 Å². The zero-order valence-electron chi connectivity index (χ0n) is 7.21. The van der Waals surface area contributed by atoms with Crippen molar-refractivity contribution in [3.8, 4) is 0 Å². The lowest BCUT2D eigenvalue weighted by molar-refractivity contribution is 0.791. The van der Waals surface area contributed by atoms with Crippen LogP contribution in [0, 0.1) is 0 Å². The minimum atomic E-state index is -0.243. The van der Waals surface area contributed by atoms with Crippen molar-refractivity contribution >= 4 is 16.9 Å². The highest BCUT2D eigenvalue weighted by atomic mass is 16.1. The van der Waals surface area contributed by atoms with Gasteiger partial charge in [-0.25, -0.2) is 0 Å². The van der Waals surface area contributed by atoms with Gasteiger partial charge in [-0.2, -0.15) is 10.1 Å². The lowest BCUT2D eigenvalue weighted by atomic mass is 10.2. The molecule has 1 aromatic carbocycles. The number of rotatable bonds is 0. The summed E-state index contributed by atoms with van der Waals surface area (Å²) in [6.45, 7) is 0.448. The Bertz CT molecular complexity index is 599. The Morgan fingerprint density at radius 2 is 2.14 bits per heavy atom. The van der Waals surface area contributed by atoms with Crippen LogP contribution in [0.3, 0.4) is 0 Å². The van der Waals surface area contributed by atoms with Crippen molar-refractivity contribution in [1.82, 2.24) is 9.55 Å². The van der Waals surface area contributed by atoms with Crippen LogP contribution in [-0.4, -0.2) is 9.55 Å². The van der Waals surface area contributed by atoms with Gasteiger partial charge in [0.15, 0.2) is 0 Å². The van der Waals surface area contributed by atoms with Gasteiger partial charge in [-0.3, -0.25) is 9.36 Å². The van der Waals surface area contributed by atoms with E-state index >= 15 is 0 Å². The molecule has 5 heteroatoms. The van der Waals surface area contributed by atoms with Gasteiger partial charge >= 0.3 is 0 Å². The standard InChI is InChI=1S/C9H6N4O/c14-8-6-3-1-2-4-7(6)13-5-10-12-9(13)11-8/h1-4H,5H2. The maximum Gasteiger partial charge on any atom is 0.282 e. The Balaban J connectivity index is 2.57. The minimum Gasteiger partial charge on any atom is -0.286 e. The lowest BCUT2D eigenvalue weighted by Gasteiger charge is -2.03. The second-order valence-electron chi connectivity index (χ2n) is 3.04. The monoisotopic (exact) mass is 186 g/mol. The summed E-state index contributed by atoms with van der Waals surface area (Å²) in [4.78, 5) is 15.3. The maximum absolute atomic E-state index is 11.5. The molecule has 2 aromatic rings. The van der Waals surface area contributed by atoms with Gasteiger partial charge in [0.25, 0.3) is 11.5 Å². The first-order chi connectivity index (χ1) is 6.86. The predicted molar refractivity (Wildman–Crippen MR) is 50.5 cm³/mol. The van der Waals surface area contributed by atoms with E-state index in [9.17, 15) is 4.79 Å². The Hall–Kier alpha value is -2.04. The summed E-state index contributed by atoms with van der Waals surface area (Å²) in [5.41, 5.74) is 0.597. The second-order valence-corrected chi connectivity index (χ2v) is 3.04. The number of fused-ring (bicyclic) bond motifs is 3. The Kier molecular flexibility index (Phi) is 1.30. The van der Waals surface area contributed by atoms with Gasteiger partial charge in [-0.05, 0) is 12.1 Å². The van der Waals surface area contributed by atoms with Crippen molar-refractivity contribution in [2.75, 3.05) is 0 Å². The number of hydrogen-bond acceptors (Lipinski definition) is 4. The molecule has 0 N–H and O–H groups in total. The molecular weight excluding hydrogens is 180 g/mol. The Morgan fingerprint density at radius 1 is 1.29 bits per heavy atom. The largest absolute Gasteiger partial charge is 0.286 e. The molecule has 1 aliphatic rings. The van der Waals surface area contributed by atoms with Crippen LogP contribution < -0.4 is 5.56 Å². The zero-order valence-corrected chi connectivity index (χ0v) is 7.21. The first kappa shape index (κ1) is 7.37. The highest BCUT2D eigenvalue weighted by Crippen LogP contribution is 2.20. The van der Waals surface area contributed by atoms with Crippen LogP contribution in [0.15, 0.2) is 39.3 Å². The molecular formula is C9H6N4O. The average molecular weight is 186 g/mol. The lowest BCUT2D eigenvalue weighted by Crippen LogP contribution is -2.11. The maximum atomic E-state index is 11.5. The first-order valence-corrected chi connectivity index (χ1v) is 4.23. The highest BCUT2D eigenvalue weighted by Gasteiger charge is 2.12. The molecule has 0 amide bonds. The zero-order chi connectivity index (χ0) is 9.54. The Morgan fingerprint density at radius 3 is 3.07 bits per heavy atom. The molecule has 0 spiro atoms. The van der Waals surface area contributed by atoms with Crippen LogP contribution in [-0.2, 0) is 6.67 Å². The number of para-hydroxylation sites is 1. The van der Waals surface area contributed by atoms with Gasteiger partial charge in [0, 0.05) is 0 Å². The van der Waals surface area contributed by atoms with E-state index in [0.29, 0.717) is 18.0 Å². The van der Waals surface area contributed by atoms with Gasteiger partial charge in [-0.1, -0.05) is 12.1 Å². The van der Waals surface area contributed by atoms with E-state index in [4.69, 9.17) is 0 Å². The van der Waals surface area contributed by atoms with Crippen molar-refractivity contribution in [2.45, 2.75) is 6.67 Å². The van der Waals surface area contributed by atoms with Crippen LogP contribution in [0.5, 0.6) is 0 Å². The van der Waals surface area contributed by atoms with Gasteiger partial charge in [-0.15, -0.1) is 5.11 Å². The van der Waals surface area contributed by atoms with Gasteiger partial charge in [0.05, 0.1) is 10.9 Å². The quantitative estimate of drug-likeness (QED) is 0.625. The molecule has 3 rings (SSSR count). The first-order valence-electron chi connectivity index (χ1n) is 4.23. The molecule has 0 radical (unpaired) electrons. The number of benzene rings is 1. The number of azo groups is 1. The number of aromatic nitrogens is 2. The summed E-state index contributed by atoms with van der Waals surface area (Å²) < 4.78 is 1.82. The molecule has 68 valence electrons. The fourth-order valence-corrected chi connectivity index (χ4v) is 1.58. The molecule has 0 unspecified atom stereocenters. The molecule has 0 aliphatic carbocycles. The minimum absolute atomic E-state index is 0.243. The Labute approximate surface area is 78.7 Å². The van der Waals surface area contributed by atoms with E-state index in [1.165, 1.54) is 0 Å². The SMILES string of the molecule is O=c1nc2n(c3ccccc13)CN=N2. The fraction of sp³-hybridized carbons (Fsp3) is 0.111. The van der Waals surface area contributed by atoms with E-state index in [2.05, 4.69) is 15.2 Å². The molecule has 0 atom stereocenters. The van der Waals surface area contributed by atoms with Crippen LogP contribution >= 0.6 is 0 Å². The van der Waals surface area contributed by atoms with Gasteiger partial charge in [0.1, 0.15) is 6.67 Å². The molecule has 0 saturated heterocycles. The van der Waals surface area contributed by atoms with Crippen LogP contribution in [0.2, 0.25) is 0 Å². The van der Waals surface area contributed by atoms with Crippen LogP contribution in [0.4, 0.5) is 5.95 Å². The summed E-state index contributed by atoms with van der Waals surface area (Å²) in [7, 11) is 0. The van der Waals surface area contributed by atoms with E-state index in [1.807, 2.05) is 22.8 Å². The molecule has 14 heavy (non-hydrogen) atoms. The fourth-order valence-electron chi connectivity index (χ4n) is 1.58. The summed E-state index contributed by atoms with van der Waals surface area (Å²) in [5, 5.41) is 8.23. The van der Waals surface area contributed by atoms with Crippen molar-refractivity contribution in [2.24, 2.45) is 10.2 Å². The average Bonchev–Trinajstić information content (AvgIpc) is 2.66. The molecule has 1 aromatic heterocycles. The van der Waals surface area contributed by atoms with Crippen LogP contribution in [0.25, 0.3) is 10.9 Å². The molecule has 0 bridgehead atoms. The van der Waals surface area contributed by atoms with Crippen molar-refractivity contribution in [3.63, 3.8) is 0 Å². The smallest absolute Gasteiger partial charge is 0.282 e. The summed E-state index contributed by atoms with van der Waals surface area (Å²) >= 11 is 0. The summed E-state index contributed by atoms with van der Waals surface area (Å²) in [6, 6.07) is 7.34. The van der Waals surface area contributed by atoms with Gasteiger partial charge < -0.3 is 0 Å². The third-order valence-corrected chi connectivity index (χ3v) is 2.23. The molecule has 0 fully saturated rings. The van der Waals surface area contributed by atoms with Crippen molar-refractivity contribution in [1.29, 1.82) is 0 Å². The van der Waals surface area contributed by atoms with Crippen molar-refractivity contribution in [3.05, 3.63) is 34.6 Å². The second kappa shape index (κ2) is 2.47. The van der Waals surface area contributed by atoms with Gasteiger partial charge in [0.2, 0.25) is 0 Å². The van der Waals surface area contributed by atoms with E-state index in [0.717, 1.165) is 5.52 Å². The summed E-state index contributed by atoms with van der Waals surface area (Å²) in [6.07, 6.45) is 0. The predicted octanol–water partition coefficient (Wildman–Crippen LogP) is 1.45. The van der Waals surface area contributed by atoms with Crippen LogP contribution in [0.1, 0.15) is 0 Å². The molecule has 2 heterocycles. The third-order valence-electron chi connectivity index (χ3n) is 2.23. The molecule has 5 nitrogen and oxygen atoms in total. The highest BCUT2D eigenvalue weighted by molar-refractivity contribution is 5.79. The number of nitrogens with zero attached hydrogens (tertiary/aromatic N) is 4.